The van der Waals surface area contributed by atoms with Crippen LogP contribution in [-0.2, 0) is 0 Å². The minimum atomic E-state index is 0.244. The van der Waals surface area contributed by atoms with Crippen molar-refractivity contribution in [1.29, 1.82) is 0 Å². The molecule has 1 aliphatic carbocycles. The lowest BCUT2D eigenvalue weighted by Gasteiger charge is -2.29. The maximum atomic E-state index is 9.72. The average Bonchev–Trinajstić information content (AvgIpc) is 2.95. The molecular formula is C21H45N3O. The summed E-state index contributed by atoms with van der Waals surface area (Å²) in [5.74, 6) is 0.292. The lowest BCUT2D eigenvalue weighted by molar-refractivity contribution is 0.177. The molecule has 0 saturated heterocycles. The first-order valence-corrected chi connectivity index (χ1v) is 10.2. The molecule has 1 rings (SSSR count). The van der Waals surface area contributed by atoms with E-state index in [1.165, 1.54) is 45.6 Å². The van der Waals surface area contributed by atoms with Gasteiger partial charge in [-0.05, 0) is 51.4 Å². The van der Waals surface area contributed by atoms with Crippen LogP contribution in [0.4, 0.5) is 0 Å². The fraction of sp³-hybridized carbons (Fsp3) is 0.810. The summed E-state index contributed by atoms with van der Waals surface area (Å²) in [5.41, 5.74) is 11.0. The van der Waals surface area contributed by atoms with Crippen molar-refractivity contribution in [3.63, 3.8) is 0 Å². The summed E-state index contributed by atoms with van der Waals surface area (Å²) < 4.78 is 0. The Kier molecular flexibility index (Phi) is 20.6. The van der Waals surface area contributed by atoms with E-state index in [-0.39, 0.29) is 6.61 Å². The van der Waals surface area contributed by atoms with E-state index in [1.807, 2.05) is 26.8 Å². The second kappa shape index (κ2) is 19.5. The fourth-order valence-corrected chi connectivity index (χ4v) is 3.19. The van der Waals surface area contributed by atoms with Gasteiger partial charge >= 0.3 is 0 Å². The first-order chi connectivity index (χ1) is 12.2. The molecule has 6 N–H and O–H groups in total. The normalized spacial score (nSPS) is 18.4. The fourth-order valence-electron chi connectivity index (χ4n) is 3.19. The molecule has 0 aromatic rings. The van der Waals surface area contributed by atoms with Crippen LogP contribution in [0.25, 0.3) is 0 Å². The van der Waals surface area contributed by atoms with Crippen molar-refractivity contribution in [3.05, 3.63) is 23.9 Å². The lowest BCUT2D eigenvalue weighted by atomic mass is 9.92. The molecule has 0 amide bonds. The molecule has 0 spiro atoms. The Balaban J connectivity index is 0. The Morgan fingerprint density at radius 2 is 1.72 bits per heavy atom. The van der Waals surface area contributed by atoms with E-state index < -0.39 is 0 Å². The summed E-state index contributed by atoms with van der Waals surface area (Å²) in [6.45, 7) is 8.45. The van der Waals surface area contributed by atoms with Crippen molar-refractivity contribution in [3.8, 4) is 0 Å². The third-order valence-corrected chi connectivity index (χ3v) is 4.63. The molecule has 1 aliphatic rings. The van der Waals surface area contributed by atoms with Crippen molar-refractivity contribution in [2.75, 3.05) is 13.7 Å². The number of allylic oxidation sites excluding steroid dienone is 3. The summed E-state index contributed by atoms with van der Waals surface area (Å²) in [7, 11) is 1.50. The summed E-state index contributed by atoms with van der Waals surface area (Å²) in [4.78, 5) is 0. The molecule has 1 saturated carbocycles. The highest BCUT2D eigenvalue weighted by molar-refractivity contribution is 5.14. The summed E-state index contributed by atoms with van der Waals surface area (Å²) >= 11 is 0. The van der Waals surface area contributed by atoms with E-state index in [0.29, 0.717) is 18.0 Å². The highest BCUT2D eigenvalue weighted by Gasteiger charge is 2.22. The van der Waals surface area contributed by atoms with Gasteiger partial charge < -0.3 is 21.9 Å². The number of aliphatic hydroxyl groups is 1. The van der Waals surface area contributed by atoms with Gasteiger partial charge in [0.25, 0.3) is 0 Å². The maximum absolute atomic E-state index is 9.72. The first-order valence-electron chi connectivity index (χ1n) is 10.2. The number of hydrogen-bond donors (Lipinski definition) is 4. The largest absolute Gasteiger partial charge is 0.404 e. The van der Waals surface area contributed by atoms with E-state index in [4.69, 9.17) is 5.73 Å². The number of nitrogens with one attached hydrogen (secondary N) is 1. The zero-order valence-electron chi connectivity index (χ0n) is 17.4. The first kappa shape index (κ1) is 26.4. The Morgan fingerprint density at radius 3 is 2.16 bits per heavy atom. The SMILES string of the molecule is CC.CCC(NC1CCCCCC1)C(CO)C/C=C\C(C)=C/N.CN. The summed E-state index contributed by atoms with van der Waals surface area (Å²) in [5, 5.41) is 13.5. The molecular weight excluding hydrogens is 310 g/mol. The van der Waals surface area contributed by atoms with Crippen molar-refractivity contribution in [2.45, 2.75) is 91.1 Å². The molecule has 2 atom stereocenters. The minimum Gasteiger partial charge on any atom is -0.404 e. The molecule has 4 heteroatoms. The van der Waals surface area contributed by atoms with Gasteiger partial charge in [-0.2, -0.15) is 0 Å². The Bertz CT molecular complexity index is 321. The number of aliphatic hydroxyl groups excluding tert-OH is 1. The third kappa shape index (κ3) is 13.1. The quantitative estimate of drug-likeness (QED) is 0.390. The van der Waals surface area contributed by atoms with Gasteiger partial charge in [0, 0.05) is 24.6 Å². The molecule has 0 radical (unpaired) electrons. The predicted octanol–water partition coefficient (Wildman–Crippen LogP) is 4.10. The van der Waals surface area contributed by atoms with Crippen LogP contribution in [-0.4, -0.2) is 30.8 Å². The number of hydrogen-bond acceptors (Lipinski definition) is 4. The van der Waals surface area contributed by atoms with E-state index in [9.17, 15) is 5.11 Å². The van der Waals surface area contributed by atoms with Gasteiger partial charge in [-0.1, -0.05) is 58.6 Å². The van der Waals surface area contributed by atoms with Gasteiger partial charge in [0.1, 0.15) is 0 Å². The van der Waals surface area contributed by atoms with Crippen LogP contribution in [0.15, 0.2) is 23.9 Å². The summed E-state index contributed by atoms with van der Waals surface area (Å²) in [6, 6.07) is 1.05. The molecule has 0 bridgehead atoms. The molecule has 25 heavy (non-hydrogen) atoms. The van der Waals surface area contributed by atoms with Gasteiger partial charge in [-0.25, -0.2) is 0 Å². The zero-order chi connectivity index (χ0) is 19.5. The van der Waals surface area contributed by atoms with Crippen LogP contribution in [0, 0.1) is 5.92 Å². The second-order valence-electron chi connectivity index (χ2n) is 6.36. The van der Waals surface area contributed by atoms with E-state index in [0.717, 1.165) is 18.4 Å². The van der Waals surface area contributed by atoms with Crippen LogP contribution in [0.3, 0.4) is 0 Å². The molecule has 1 fully saturated rings. The van der Waals surface area contributed by atoms with Gasteiger partial charge in [0.2, 0.25) is 0 Å². The van der Waals surface area contributed by atoms with Crippen molar-refractivity contribution in [2.24, 2.45) is 17.4 Å². The van der Waals surface area contributed by atoms with Gasteiger partial charge in [0.05, 0.1) is 0 Å². The Labute approximate surface area is 157 Å². The standard InChI is InChI=1S/C18H34N2O.C2H6.CH5N/c1-3-18(20-17-11-6-4-5-7-12-17)16(14-21)10-8-9-15(2)13-19;2*1-2/h8-9,13,16-18,20-21H,3-7,10-12,14,19H2,1-2H3;1-2H3;2H2,1H3/b9-8-,15-13-;;. The second-order valence-corrected chi connectivity index (χ2v) is 6.36. The smallest absolute Gasteiger partial charge is 0.0477 e. The van der Waals surface area contributed by atoms with E-state index in [2.05, 4.69) is 24.1 Å². The number of rotatable bonds is 8. The van der Waals surface area contributed by atoms with Gasteiger partial charge in [0.15, 0.2) is 0 Å². The molecule has 0 aromatic heterocycles. The van der Waals surface area contributed by atoms with Crippen LogP contribution in [0.5, 0.6) is 0 Å². The van der Waals surface area contributed by atoms with Crippen LogP contribution >= 0.6 is 0 Å². The Hall–Kier alpha value is -0.840. The van der Waals surface area contributed by atoms with Gasteiger partial charge in [-0.3, -0.25) is 0 Å². The van der Waals surface area contributed by atoms with Crippen LogP contribution in [0.2, 0.25) is 0 Å². The monoisotopic (exact) mass is 355 g/mol. The Morgan fingerprint density at radius 1 is 1.16 bits per heavy atom. The topological polar surface area (TPSA) is 84.3 Å². The number of nitrogens with two attached hydrogens (primary N) is 2. The van der Waals surface area contributed by atoms with Crippen LogP contribution < -0.4 is 16.8 Å². The highest BCUT2D eigenvalue weighted by Crippen LogP contribution is 2.21. The zero-order valence-corrected chi connectivity index (χ0v) is 17.4. The van der Waals surface area contributed by atoms with E-state index >= 15 is 0 Å². The van der Waals surface area contributed by atoms with Gasteiger partial charge in [-0.15, -0.1) is 0 Å². The average molecular weight is 356 g/mol. The predicted molar refractivity (Wildman–Crippen MR) is 112 cm³/mol. The third-order valence-electron chi connectivity index (χ3n) is 4.63. The van der Waals surface area contributed by atoms with Crippen molar-refractivity contribution >= 4 is 0 Å². The minimum absolute atomic E-state index is 0.244. The van der Waals surface area contributed by atoms with Crippen LogP contribution in [0.1, 0.15) is 79.1 Å². The lowest BCUT2D eigenvalue weighted by Crippen LogP contribution is -2.43. The molecule has 150 valence electrons. The van der Waals surface area contributed by atoms with Crippen molar-refractivity contribution < 1.29 is 5.11 Å². The molecule has 0 heterocycles. The highest BCUT2D eigenvalue weighted by atomic mass is 16.3. The summed E-state index contributed by atoms with van der Waals surface area (Å²) in [6.07, 6.45) is 15.8. The molecule has 2 unspecified atom stereocenters. The maximum Gasteiger partial charge on any atom is 0.0477 e. The van der Waals surface area contributed by atoms with E-state index in [1.54, 1.807) is 6.20 Å². The van der Waals surface area contributed by atoms with Crippen molar-refractivity contribution in [1.82, 2.24) is 5.32 Å². The molecule has 0 aromatic carbocycles. The molecule has 0 aliphatic heterocycles. The molecule has 4 nitrogen and oxygen atoms in total.